The van der Waals surface area contributed by atoms with Gasteiger partial charge in [-0.2, -0.15) is 24.4 Å². The Bertz CT molecular complexity index is 66.1. The number of hydrogen-bond donors (Lipinski definition) is 1. The van der Waals surface area contributed by atoms with Crippen molar-refractivity contribution in [2.45, 2.75) is 16.8 Å². The largest absolute Gasteiger partial charge is 0.165 e. The summed E-state index contributed by atoms with van der Waals surface area (Å²) in [6.07, 6.45) is 0. The summed E-state index contributed by atoms with van der Waals surface area (Å²) in [5.41, 5.74) is 0. The van der Waals surface area contributed by atoms with Crippen LogP contribution in [0.5, 0.6) is 0 Å². The minimum Gasteiger partial charge on any atom is -0.165 e. The van der Waals surface area contributed by atoms with Crippen LogP contribution in [0.3, 0.4) is 0 Å². The minimum absolute atomic E-state index is 0.524. The van der Waals surface area contributed by atoms with Crippen molar-refractivity contribution in [3.8, 4) is 0 Å². The van der Waals surface area contributed by atoms with Crippen LogP contribution >= 0.6 is 36.2 Å². The number of hydrogen-bond acceptors (Lipinski definition) is 3. The Hall–Kier alpha value is 1.05. The van der Waals surface area contributed by atoms with Gasteiger partial charge in [0.05, 0.1) is 0 Å². The molecule has 1 rings (SSSR count). The average molecular weight is 166 g/mol. The fourth-order valence-electron chi connectivity index (χ4n) is 0.411. The molecule has 0 amide bonds. The fraction of sp³-hybridized carbons (Fsp3) is 1.00. The van der Waals surface area contributed by atoms with Gasteiger partial charge in [0.2, 0.25) is 0 Å². The molecule has 1 heterocycles. The van der Waals surface area contributed by atoms with Gasteiger partial charge in [0.25, 0.3) is 0 Å². The highest BCUT2D eigenvalue weighted by molar-refractivity contribution is 8.12. The molecular formula is C5H10S3. The first-order valence-corrected chi connectivity index (χ1v) is 5.31. The number of rotatable bonds is 3. The first kappa shape index (κ1) is 7.16. The second-order valence-electron chi connectivity index (χ2n) is 1.89. The molecule has 48 valence electrons. The van der Waals surface area contributed by atoms with E-state index in [-0.39, 0.29) is 0 Å². The van der Waals surface area contributed by atoms with Crippen LogP contribution in [0.2, 0.25) is 0 Å². The third-order valence-electron chi connectivity index (χ3n) is 0.926. The number of thioether (sulfide) groups is 2. The third kappa shape index (κ3) is 3.15. The summed E-state index contributed by atoms with van der Waals surface area (Å²) in [5, 5.41) is 0.967. The van der Waals surface area contributed by atoms with Crippen molar-refractivity contribution >= 4 is 36.2 Å². The lowest BCUT2D eigenvalue weighted by Gasteiger charge is -1.99. The van der Waals surface area contributed by atoms with E-state index in [4.69, 9.17) is 0 Å². The summed E-state index contributed by atoms with van der Waals surface area (Å²) in [6, 6.07) is 0. The Morgan fingerprint density at radius 2 is 2.62 bits per heavy atom. The molecule has 8 heavy (non-hydrogen) atoms. The molecule has 0 aromatic rings. The Balaban J connectivity index is 1.87. The van der Waals surface area contributed by atoms with Crippen molar-refractivity contribution in [2.75, 3.05) is 11.5 Å². The second-order valence-corrected chi connectivity index (χ2v) is 5.72. The molecule has 0 saturated carbocycles. The van der Waals surface area contributed by atoms with Crippen LogP contribution in [0, 0.1) is 0 Å². The first-order valence-electron chi connectivity index (χ1n) is 2.70. The van der Waals surface area contributed by atoms with E-state index in [2.05, 4.69) is 31.3 Å². The summed E-state index contributed by atoms with van der Waals surface area (Å²) in [4.78, 5) is 0. The molecule has 2 unspecified atom stereocenters. The summed E-state index contributed by atoms with van der Waals surface area (Å²) in [7, 11) is 0. The van der Waals surface area contributed by atoms with Gasteiger partial charge in [-0.15, -0.1) is 11.8 Å². The van der Waals surface area contributed by atoms with E-state index in [0.29, 0.717) is 4.58 Å². The fourth-order valence-corrected chi connectivity index (χ4v) is 2.30. The summed E-state index contributed by atoms with van der Waals surface area (Å²) in [6.45, 7) is 2.13. The molecule has 1 saturated heterocycles. The van der Waals surface area contributed by atoms with Crippen molar-refractivity contribution < 1.29 is 0 Å². The smallest absolute Gasteiger partial charge is 0.0444 e. The highest BCUT2D eigenvalue weighted by Gasteiger charge is 2.22. The summed E-state index contributed by atoms with van der Waals surface area (Å²) in [5.74, 6) is 2.68. The Kier molecular flexibility index (Phi) is 2.93. The van der Waals surface area contributed by atoms with Crippen LogP contribution in [0.1, 0.15) is 6.92 Å². The van der Waals surface area contributed by atoms with Gasteiger partial charge >= 0.3 is 0 Å². The molecule has 0 N–H and O–H groups in total. The molecule has 2 atom stereocenters. The van der Waals surface area contributed by atoms with E-state index in [1.807, 2.05) is 11.8 Å². The monoisotopic (exact) mass is 166 g/mol. The van der Waals surface area contributed by atoms with Crippen molar-refractivity contribution in [2.24, 2.45) is 0 Å². The molecule has 1 aliphatic rings. The zero-order chi connectivity index (χ0) is 5.98. The van der Waals surface area contributed by atoms with E-state index < -0.39 is 0 Å². The van der Waals surface area contributed by atoms with Crippen LogP contribution in [0.15, 0.2) is 0 Å². The highest BCUT2D eigenvalue weighted by Crippen LogP contribution is 2.34. The van der Waals surface area contributed by atoms with Crippen LogP contribution in [0.4, 0.5) is 0 Å². The molecule has 0 spiro atoms. The van der Waals surface area contributed by atoms with E-state index in [1.165, 1.54) is 11.5 Å². The predicted octanol–water partition coefficient (Wildman–Crippen LogP) is 2.11. The van der Waals surface area contributed by atoms with Gasteiger partial charge in [0.1, 0.15) is 0 Å². The van der Waals surface area contributed by atoms with Crippen molar-refractivity contribution in [1.82, 2.24) is 0 Å². The van der Waals surface area contributed by atoms with Crippen molar-refractivity contribution in [3.05, 3.63) is 0 Å². The van der Waals surface area contributed by atoms with Crippen LogP contribution < -0.4 is 0 Å². The lowest BCUT2D eigenvalue weighted by Crippen LogP contribution is -1.91. The Labute approximate surface area is 64.6 Å². The zero-order valence-electron chi connectivity index (χ0n) is 4.83. The van der Waals surface area contributed by atoms with E-state index >= 15 is 0 Å². The molecule has 1 aliphatic heterocycles. The Morgan fingerprint density at radius 1 is 2.00 bits per heavy atom. The van der Waals surface area contributed by atoms with Crippen LogP contribution in [0.25, 0.3) is 0 Å². The van der Waals surface area contributed by atoms with Gasteiger partial charge in [-0.05, 0) is 6.92 Å². The predicted molar refractivity (Wildman–Crippen MR) is 47.2 cm³/mol. The van der Waals surface area contributed by atoms with Gasteiger partial charge in [-0.25, -0.2) is 0 Å². The van der Waals surface area contributed by atoms with E-state index in [9.17, 15) is 0 Å². The Morgan fingerprint density at radius 3 is 3.00 bits per heavy atom. The highest BCUT2D eigenvalue weighted by atomic mass is 32.2. The molecule has 3 heteroatoms. The molecule has 0 aliphatic carbocycles. The van der Waals surface area contributed by atoms with Gasteiger partial charge in [0.15, 0.2) is 0 Å². The lowest BCUT2D eigenvalue weighted by atomic mass is 10.6. The summed E-state index contributed by atoms with van der Waals surface area (Å²) < 4.78 is 0.524. The topological polar surface area (TPSA) is 0 Å². The van der Waals surface area contributed by atoms with Gasteiger partial charge < -0.3 is 0 Å². The van der Waals surface area contributed by atoms with E-state index in [1.54, 1.807) is 0 Å². The standard InChI is InChI=1S/C5H10S3/c1-4(6)7-2-5-3-8-5/h4-6H,2-3H2,1H3. The SMILES string of the molecule is CC(S)SCC1CS1. The second kappa shape index (κ2) is 3.28. The maximum Gasteiger partial charge on any atom is 0.0444 e. The molecule has 0 aromatic carbocycles. The normalized spacial score (nSPS) is 30.0. The molecule has 0 nitrogen and oxygen atoms in total. The summed E-state index contributed by atoms with van der Waals surface area (Å²) >= 11 is 8.25. The third-order valence-corrected chi connectivity index (χ3v) is 3.63. The van der Waals surface area contributed by atoms with Crippen LogP contribution in [-0.4, -0.2) is 21.3 Å². The maximum absolute atomic E-state index is 4.25. The number of thiol groups is 1. The molecule has 0 aromatic heterocycles. The van der Waals surface area contributed by atoms with Gasteiger partial charge in [-0.3, -0.25) is 0 Å². The maximum atomic E-state index is 4.25. The first-order chi connectivity index (χ1) is 3.79. The molecular weight excluding hydrogens is 156 g/mol. The van der Waals surface area contributed by atoms with E-state index in [0.717, 1.165) is 5.25 Å². The quantitative estimate of drug-likeness (QED) is 0.387. The average Bonchev–Trinajstić information content (AvgIpc) is 2.41. The van der Waals surface area contributed by atoms with Crippen molar-refractivity contribution in [1.29, 1.82) is 0 Å². The van der Waals surface area contributed by atoms with Crippen molar-refractivity contribution in [3.63, 3.8) is 0 Å². The molecule has 0 bridgehead atoms. The van der Waals surface area contributed by atoms with Gasteiger partial charge in [0, 0.05) is 21.3 Å². The molecule has 0 radical (unpaired) electrons. The van der Waals surface area contributed by atoms with Crippen LogP contribution in [-0.2, 0) is 0 Å². The minimum atomic E-state index is 0.524. The zero-order valence-corrected chi connectivity index (χ0v) is 7.36. The molecule has 1 fully saturated rings. The lowest BCUT2D eigenvalue weighted by molar-refractivity contribution is 1.26. The van der Waals surface area contributed by atoms with Gasteiger partial charge in [-0.1, -0.05) is 0 Å².